The molecule has 1 fully saturated rings. The Balaban J connectivity index is 2.01. The minimum atomic E-state index is -0.916. The normalized spacial score (nSPS) is 19.6. The van der Waals surface area contributed by atoms with Crippen LogP contribution in [0.1, 0.15) is 24.8 Å². The smallest absolute Gasteiger partial charge is 0.407 e. The molecule has 3 rings (SSSR count). The van der Waals surface area contributed by atoms with Gasteiger partial charge in [-0.1, -0.05) is 15.9 Å². The van der Waals surface area contributed by atoms with Crippen LogP contribution in [0.5, 0.6) is 0 Å². The predicted molar refractivity (Wildman–Crippen MR) is 68.4 cm³/mol. The van der Waals surface area contributed by atoms with Crippen molar-refractivity contribution in [3.05, 3.63) is 28.6 Å². The first kappa shape index (κ1) is 11.5. The van der Waals surface area contributed by atoms with Crippen LogP contribution in [0.15, 0.2) is 27.1 Å². The van der Waals surface area contributed by atoms with E-state index in [2.05, 4.69) is 20.9 Å². The fourth-order valence-corrected chi connectivity index (χ4v) is 2.66. The number of benzene rings is 1. The van der Waals surface area contributed by atoms with Gasteiger partial charge in [0.15, 0.2) is 5.58 Å². The summed E-state index contributed by atoms with van der Waals surface area (Å²) >= 11 is 3.37. The molecule has 2 aromatic rings. The summed E-state index contributed by atoms with van der Waals surface area (Å²) in [5.74, 6) is 0.489. The molecule has 0 aliphatic carbocycles. The van der Waals surface area contributed by atoms with Crippen molar-refractivity contribution in [3.63, 3.8) is 0 Å². The van der Waals surface area contributed by atoms with Gasteiger partial charge in [-0.2, -0.15) is 0 Å². The third kappa shape index (κ3) is 1.86. The van der Waals surface area contributed by atoms with Crippen LogP contribution in [0.2, 0.25) is 0 Å². The monoisotopic (exact) mass is 310 g/mol. The standard InChI is InChI=1S/C12H11BrN2O3/c13-7-3-4-10-8(6-7)14-11(18-10)9-2-1-5-15(9)12(16)17/h3-4,6,9H,1-2,5H2,(H,16,17)/t9-/m0/s1. The third-order valence-corrected chi connectivity index (χ3v) is 3.64. The molecular weight excluding hydrogens is 300 g/mol. The number of likely N-dealkylation sites (tertiary alicyclic amines) is 1. The molecule has 1 amide bonds. The molecule has 18 heavy (non-hydrogen) atoms. The SMILES string of the molecule is O=C(O)N1CCC[C@H]1c1nc2cc(Br)ccc2o1. The Labute approximate surface area is 112 Å². The van der Waals surface area contributed by atoms with Crippen LogP contribution in [0, 0.1) is 0 Å². The van der Waals surface area contributed by atoms with E-state index in [0.29, 0.717) is 18.0 Å². The van der Waals surface area contributed by atoms with Crippen molar-refractivity contribution in [1.82, 2.24) is 9.88 Å². The molecule has 1 aliphatic rings. The van der Waals surface area contributed by atoms with Crippen LogP contribution < -0.4 is 0 Å². The Morgan fingerprint density at radius 2 is 2.39 bits per heavy atom. The molecule has 5 nitrogen and oxygen atoms in total. The maximum atomic E-state index is 11.1. The predicted octanol–water partition coefficient (Wildman–Crippen LogP) is 3.41. The molecule has 1 atom stereocenters. The molecule has 0 bridgehead atoms. The van der Waals surface area contributed by atoms with Gasteiger partial charge in [-0.25, -0.2) is 9.78 Å². The van der Waals surface area contributed by atoms with Crippen LogP contribution >= 0.6 is 15.9 Å². The van der Waals surface area contributed by atoms with Gasteiger partial charge in [0.1, 0.15) is 11.6 Å². The fourth-order valence-electron chi connectivity index (χ4n) is 2.31. The molecule has 6 heteroatoms. The molecule has 1 saturated heterocycles. The summed E-state index contributed by atoms with van der Waals surface area (Å²) in [6.07, 6.45) is 0.695. The summed E-state index contributed by atoms with van der Waals surface area (Å²) < 4.78 is 6.58. The van der Waals surface area contributed by atoms with Gasteiger partial charge in [-0.05, 0) is 31.0 Å². The first-order valence-corrected chi connectivity index (χ1v) is 6.50. The third-order valence-electron chi connectivity index (χ3n) is 3.15. The van der Waals surface area contributed by atoms with Crippen molar-refractivity contribution in [3.8, 4) is 0 Å². The summed E-state index contributed by atoms with van der Waals surface area (Å²) in [6, 6.07) is 5.31. The van der Waals surface area contributed by atoms with Gasteiger partial charge < -0.3 is 9.52 Å². The van der Waals surface area contributed by atoms with E-state index in [9.17, 15) is 4.79 Å². The molecule has 1 N–H and O–H groups in total. The van der Waals surface area contributed by atoms with Gasteiger partial charge >= 0.3 is 6.09 Å². The highest BCUT2D eigenvalue weighted by Gasteiger charge is 2.33. The summed E-state index contributed by atoms with van der Waals surface area (Å²) in [5.41, 5.74) is 1.43. The van der Waals surface area contributed by atoms with Crippen LogP contribution in [-0.2, 0) is 0 Å². The van der Waals surface area contributed by atoms with E-state index in [4.69, 9.17) is 9.52 Å². The van der Waals surface area contributed by atoms with Crippen molar-refractivity contribution in [2.45, 2.75) is 18.9 Å². The Kier molecular flexibility index (Phi) is 2.74. The van der Waals surface area contributed by atoms with E-state index in [1.54, 1.807) is 0 Å². The average Bonchev–Trinajstić information content (AvgIpc) is 2.93. The van der Waals surface area contributed by atoms with Gasteiger partial charge in [0.05, 0.1) is 0 Å². The van der Waals surface area contributed by atoms with E-state index in [0.717, 1.165) is 22.8 Å². The van der Waals surface area contributed by atoms with Gasteiger partial charge in [0.2, 0.25) is 5.89 Å². The molecule has 1 aliphatic heterocycles. The van der Waals surface area contributed by atoms with E-state index < -0.39 is 6.09 Å². The lowest BCUT2D eigenvalue weighted by atomic mass is 10.2. The van der Waals surface area contributed by atoms with Crippen LogP contribution in [-0.4, -0.2) is 27.6 Å². The molecule has 0 radical (unpaired) electrons. The number of carbonyl (C=O) groups is 1. The van der Waals surface area contributed by atoms with Gasteiger partial charge in [-0.3, -0.25) is 4.90 Å². The highest BCUT2D eigenvalue weighted by atomic mass is 79.9. The molecule has 0 unspecified atom stereocenters. The number of halogens is 1. The lowest BCUT2D eigenvalue weighted by molar-refractivity contribution is 0.134. The molecule has 1 aromatic heterocycles. The topological polar surface area (TPSA) is 66.6 Å². The molecule has 0 spiro atoms. The van der Waals surface area contributed by atoms with Crippen LogP contribution in [0.25, 0.3) is 11.1 Å². The zero-order valence-corrected chi connectivity index (χ0v) is 11.1. The number of hydrogen-bond donors (Lipinski definition) is 1. The lowest BCUT2D eigenvalue weighted by Gasteiger charge is -2.17. The second kappa shape index (κ2) is 4.28. The number of nitrogens with zero attached hydrogens (tertiary/aromatic N) is 2. The molecular formula is C12H11BrN2O3. The largest absolute Gasteiger partial charge is 0.465 e. The van der Waals surface area contributed by atoms with Crippen LogP contribution in [0.4, 0.5) is 4.79 Å². The van der Waals surface area contributed by atoms with Crippen molar-refractivity contribution in [1.29, 1.82) is 0 Å². The Morgan fingerprint density at radius 1 is 1.56 bits per heavy atom. The minimum Gasteiger partial charge on any atom is -0.465 e. The van der Waals surface area contributed by atoms with E-state index in [-0.39, 0.29) is 6.04 Å². The number of aromatic nitrogens is 1. The number of carboxylic acid groups (broad SMARTS) is 1. The van der Waals surface area contributed by atoms with E-state index in [1.807, 2.05) is 18.2 Å². The number of amides is 1. The molecule has 94 valence electrons. The van der Waals surface area contributed by atoms with Crippen molar-refractivity contribution in [2.75, 3.05) is 6.54 Å². The van der Waals surface area contributed by atoms with E-state index in [1.165, 1.54) is 4.90 Å². The molecule has 2 heterocycles. The number of fused-ring (bicyclic) bond motifs is 1. The maximum Gasteiger partial charge on any atom is 0.407 e. The summed E-state index contributed by atoms with van der Waals surface area (Å²) in [7, 11) is 0. The second-order valence-corrected chi connectivity index (χ2v) is 5.21. The van der Waals surface area contributed by atoms with Crippen molar-refractivity contribution >= 4 is 33.1 Å². The number of oxazole rings is 1. The molecule has 1 aromatic carbocycles. The fraction of sp³-hybridized carbons (Fsp3) is 0.333. The number of hydrogen-bond acceptors (Lipinski definition) is 3. The molecule has 0 saturated carbocycles. The first-order chi connectivity index (χ1) is 8.65. The van der Waals surface area contributed by atoms with Crippen LogP contribution in [0.3, 0.4) is 0 Å². The van der Waals surface area contributed by atoms with Crippen molar-refractivity contribution < 1.29 is 14.3 Å². The quantitative estimate of drug-likeness (QED) is 0.876. The maximum absolute atomic E-state index is 11.1. The Hall–Kier alpha value is -1.56. The first-order valence-electron chi connectivity index (χ1n) is 5.71. The summed E-state index contributed by atoms with van der Waals surface area (Å²) in [5, 5.41) is 9.11. The highest BCUT2D eigenvalue weighted by Crippen LogP contribution is 2.33. The second-order valence-electron chi connectivity index (χ2n) is 4.30. The van der Waals surface area contributed by atoms with Gasteiger partial charge in [-0.15, -0.1) is 0 Å². The summed E-state index contributed by atoms with van der Waals surface area (Å²) in [4.78, 5) is 16.9. The highest BCUT2D eigenvalue weighted by molar-refractivity contribution is 9.10. The van der Waals surface area contributed by atoms with Gasteiger partial charge in [0, 0.05) is 11.0 Å². The van der Waals surface area contributed by atoms with E-state index >= 15 is 0 Å². The summed E-state index contributed by atoms with van der Waals surface area (Å²) in [6.45, 7) is 0.544. The lowest BCUT2D eigenvalue weighted by Crippen LogP contribution is -2.28. The van der Waals surface area contributed by atoms with Crippen molar-refractivity contribution in [2.24, 2.45) is 0 Å². The average molecular weight is 311 g/mol. The Morgan fingerprint density at radius 3 is 3.17 bits per heavy atom. The zero-order chi connectivity index (χ0) is 12.7. The minimum absolute atomic E-state index is 0.256. The Bertz CT molecular complexity index is 610. The van der Waals surface area contributed by atoms with Gasteiger partial charge in [0.25, 0.3) is 0 Å². The number of rotatable bonds is 1. The zero-order valence-electron chi connectivity index (χ0n) is 9.47.